The van der Waals surface area contributed by atoms with Gasteiger partial charge in [0.05, 0.1) is 18.1 Å². The molecule has 2 unspecified atom stereocenters. The number of ether oxygens (including phenoxy) is 1. The van der Waals surface area contributed by atoms with Crippen molar-refractivity contribution in [1.29, 1.82) is 0 Å². The van der Waals surface area contributed by atoms with Crippen LogP contribution in [-0.4, -0.2) is 47.3 Å². The molecule has 7 rings (SSSR count). The molecule has 6 fully saturated rings. The highest BCUT2D eigenvalue weighted by Crippen LogP contribution is 2.60. The van der Waals surface area contributed by atoms with Crippen LogP contribution in [0.4, 0.5) is 17.6 Å². The minimum absolute atomic E-state index is 0.111. The largest absolute Gasteiger partial charge is 0.493 e. The lowest BCUT2D eigenvalue weighted by Crippen LogP contribution is -2.48. The van der Waals surface area contributed by atoms with Crippen LogP contribution >= 0.6 is 0 Å². The maximum Gasteiger partial charge on any atom is 0.393 e. The number of halogens is 4. The number of aliphatic carboxylic acids is 1. The zero-order valence-corrected chi connectivity index (χ0v) is 20.0. The second-order valence-electron chi connectivity index (χ2n) is 12.1. The van der Waals surface area contributed by atoms with Crippen molar-refractivity contribution in [2.24, 2.45) is 29.1 Å². The number of amides is 1. The van der Waals surface area contributed by atoms with Gasteiger partial charge in [0.15, 0.2) is 0 Å². The van der Waals surface area contributed by atoms with Crippen LogP contribution in [0, 0.1) is 34.9 Å². The highest BCUT2D eigenvalue weighted by molar-refractivity contribution is 5.97. The summed E-state index contributed by atoms with van der Waals surface area (Å²) in [6, 6.07) is 0.943. The Kier molecular flexibility index (Phi) is 5.58. The molecule has 9 heteroatoms. The van der Waals surface area contributed by atoms with E-state index in [1.807, 2.05) is 0 Å². The highest BCUT2D eigenvalue weighted by Gasteiger charge is 2.52. The molecule has 1 aromatic rings. The lowest BCUT2D eigenvalue weighted by molar-refractivity contribution is -0.170. The summed E-state index contributed by atoms with van der Waals surface area (Å²) in [4.78, 5) is 25.4. The fraction of sp³-hybridized carbons (Fsp3) is 0.704. The van der Waals surface area contributed by atoms with Gasteiger partial charge in [-0.25, -0.2) is 9.18 Å². The first-order valence-corrected chi connectivity index (χ1v) is 13.1. The molecule has 1 heterocycles. The molecule has 1 aliphatic heterocycles. The molecular weight excluding hydrogens is 478 g/mol. The van der Waals surface area contributed by atoms with Gasteiger partial charge in [0.1, 0.15) is 17.6 Å². The number of benzene rings is 1. The van der Waals surface area contributed by atoms with Crippen LogP contribution in [0.3, 0.4) is 0 Å². The second kappa shape index (κ2) is 8.35. The standard InChI is InChI=1S/C27H31F4NO4/c28-21-8-23(36-13-26-9-14-3-15(10-26)5-16(4-14)11-26)19(17-1-2-17)7-20(21)24(33)32-12-18(27(29,30)31)6-22(32)25(34)35/h7-8,14-18,22H,1-6,9-13H2,(H,34,35). The third kappa shape index (κ3) is 4.26. The maximum absolute atomic E-state index is 15.3. The minimum atomic E-state index is -4.63. The number of alkyl halides is 3. The quantitative estimate of drug-likeness (QED) is 0.494. The first kappa shape index (κ1) is 24.0. The number of rotatable bonds is 6. The van der Waals surface area contributed by atoms with Crippen LogP contribution in [-0.2, 0) is 4.79 Å². The van der Waals surface area contributed by atoms with Gasteiger partial charge in [0.25, 0.3) is 5.91 Å². The Labute approximate surface area is 207 Å². The molecular formula is C27H31F4NO4. The van der Waals surface area contributed by atoms with Crippen LogP contribution in [0.5, 0.6) is 5.75 Å². The van der Waals surface area contributed by atoms with E-state index in [0.717, 1.165) is 49.9 Å². The molecule has 0 radical (unpaired) electrons. The maximum atomic E-state index is 15.3. The summed E-state index contributed by atoms with van der Waals surface area (Å²) in [7, 11) is 0. The normalized spacial score (nSPS) is 35.3. The van der Waals surface area contributed by atoms with Crippen molar-refractivity contribution in [2.45, 2.75) is 75.9 Å². The molecule has 6 aliphatic rings. The molecule has 0 spiro atoms. The van der Waals surface area contributed by atoms with E-state index < -0.39 is 48.8 Å². The average Bonchev–Trinajstić information content (AvgIpc) is 3.51. The molecule has 5 nitrogen and oxygen atoms in total. The van der Waals surface area contributed by atoms with Gasteiger partial charge in [-0.05, 0) is 93.1 Å². The van der Waals surface area contributed by atoms with Crippen LogP contribution in [0.2, 0.25) is 0 Å². The molecule has 196 valence electrons. The van der Waals surface area contributed by atoms with Gasteiger partial charge in [-0.3, -0.25) is 4.79 Å². The fourth-order valence-corrected chi connectivity index (χ4v) is 7.96. The van der Waals surface area contributed by atoms with Crippen molar-refractivity contribution in [3.63, 3.8) is 0 Å². The van der Waals surface area contributed by atoms with Crippen molar-refractivity contribution in [1.82, 2.24) is 4.90 Å². The molecule has 1 amide bonds. The number of hydrogen-bond donors (Lipinski definition) is 1. The van der Waals surface area contributed by atoms with E-state index in [2.05, 4.69) is 0 Å². The average molecular weight is 510 g/mol. The predicted molar refractivity (Wildman–Crippen MR) is 121 cm³/mol. The lowest BCUT2D eigenvalue weighted by atomic mass is 9.50. The zero-order chi connectivity index (χ0) is 25.4. The first-order chi connectivity index (χ1) is 17.0. The van der Waals surface area contributed by atoms with E-state index in [4.69, 9.17) is 4.74 Å². The van der Waals surface area contributed by atoms with Gasteiger partial charge < -0.3 is 14.7 Å². The third-order valence-electron chi connectivity index (χ3n) is 9.36. The van der Waals surface area contributed by atoms with E-state index in [9.17, 15) is 27.9 Å². The van der Waals surface area contributed by atoms with Crippen molar-refractivity contribution < 1.29 is 37.0 Å². The number of carboxylic acid groups (broad SMARTS) is 1. The van der Waals surface area contributed by atoms with Gasteiger partial charge in [-0.1, -0.05) is 0 Å². The summed E-state index contributed by atoms with van der Waals surface area (Å²) in [6.45, 7) is -0.273. The van der Waals surface area contributed by atoms with E-state index in [0.29, 0.717) is 22.8 Å². The van der Waals surface area contributed by atoms with Crippen molar-refractivity contribution in [3.05, 3.63) is 29.1 Å². The van der Waals surface area contributed by atoms with Crippen molar-refractivity contribution >= 4 is 11.9 Å². The Balaban J connectivity index is 1.24. The van der Waals surface area contributed by atoms with Crippen molar-refractivity contribution in [2.75, 3.05) is 13.2 Å². The summed E-state index contributed by atoms with van der Waals surface area (Å²) < 4.78 is 61.4. The monoisotopic (exact) mass is 509 g/mol. The molecule has 1 saturated heterocycles. The van der Waals surface area contributed by atoms with Crippen molar-refractivity contribution in [3.8, 4) is 5.75 Å². The lowest BCUT2D eigenvalue weighted by Gasteiger charge is -2.56. The SMILES string of the molecule is O=C(O)C1CC(C(F)(F)F)CN1C(=O)c1cc(C2CC2)c(OCC23CC4CC(CC(C4)C2)C3)cc1F. The van der Waals surface area contributed by atoms with Gasteiger partial charge in [-0.2, -0.15) is 13.2 Å². The van der Waals surface area contributed by atoms with E-state index >= 15 is 4.39 Å². The smallest absolute Gasteiger partial charge is 0.393 e. The van der Waals surface area contributed by atoms with Gasteiger partial charge in [0, 0.05) is 18.0 Å². The number of hydrogen-bond acceptors (Lipinski definition) is 3. The van der Waals surface area contributed by atoms with Gasteiger partial charge in [0.2, 0.25) is 0 Å². The molecule has 5 aliphatic carbocycles. The topological polar surface area (TPSA) is 66.8 Å². The number of carbonyl (C=O) groups is 2. The van der Waals surface area contributed by atoms with Gasteiger partial charge >= 0.3 is 12.1 Å². The van der Waals surface area contributed by atoms with E-state index in [1.54, 1.807) is 0 Å². The summed E-state index contributed by atoms with van der Waals surface area (Å²) >= 11 is 0. The van der Waals surface area contributed by atoms with Crippen LogP contribution < -0.4 is 4.74 Å². The second-order valence-corrected chi connectivity index (χ2v) is 12.1. The Bertz CT molecular complexity index is 1050. The number of carbonyl (C=O) groups excluding carboxylic acids is 1. The minimum Gasteiger partial charge on any atom is -0.493 e. The molecule has 36 heavy (non-hydrogen) atoms. The van der Waals surface area contributed by atoms with Crippen LogP contribution in [0.1, 0.15) is 79.6 Å². The molecule has 1 aromatic carbocycles. The van der Waals surface area contributed by atoms with Crippen LogP contribution in [0.15, 0.2) is 12.1 Å². The molecule has 0 aromatic heterocycles. The molecule has 4 bridgehead atoms. The van der Waals surface area contributed by atoms with E-state index in [1.165, 1.54) is 31.4 Å². The van der Waals surface area contributed by atoms with Crippen LogP contribution in [0.25, 0.3) is 0 Å². The fourth-order valence-electron chi connectivity index (χ4n) is 7.96. The number of nitrogens with zero attached hydrogens (tertiary/aromatic N) is 1. The predicted octanol–water partition coefficient (Wildman–Crippen LogP) is 5.78. The summed E-state index contributed by atoms with van der Waals surface area (Å²) in [5.74, 6) is -2.59. The summed E-state index contributed by atoms with van der Waals surface area (Å²) in [6.07, 6.45) is 3.72. The third-order valence-corrected chi connectivity index (χ3v) is 9.36. The Morgan fingerprint density at radius 3 is 2.17 bits per heavy atom. The highest BCUT2D eigenvalue weighted by atomic mass is 19.4. The van der Waals surface area contributed by atoms with Gasteiger partial charge in [-0.15, -0.1) is 0 Å². The zero-order valence-electron chi connectivity index (χ0n) is 20.0. The summed E-state index contributed by atoms with van der Waals surface area (Å²) in [5.41, 5.74) is 0.438. The number of likely N-dealkylation sites (tertiary alicyclic amines) is 1. The molecule has 2 atom stereocenters. The molecule has 1 N–H and O–H groups in total. The Morgan fingerprint density at radius 1 is 1.03 bits per heavy atom. The van der Waals surface area contributed by atoms with E-state index in [-0.39, 0.29) is 16.9 Å². The summed E-state index contributed by atoms with van der Waals surface area (Å²) in [5, 5.41) is 9.44. The number of carboxylic acids is 1. The first-order valence-electron chi connectivity index (χ1n) is 13.1. The Hall–Kier alpha value is -2.32. The molecule has 5 saturated carbocycles. The Morgan fingerprint density at radius 2 is 1.64 bits per heavy atom.